The number of pyridine rings is 1. The topological polar surface area (TPSA) is 51.2 Å². The predicted molar refractivity (Wildman–Crippen MR) is 65.1 cm³/mol. The molecule has 1 heterocycles. The Morgan fingerprint density at radius 1 is 1.32 bits per heavy atom. The van der Waals surface area contributed by atoms with Gasteiger partial charge in [-0.25, -0.2) is 8.78 Å². The Balaban J connectivity index is 2.26. The smallest absolute Gasteiger partial charge is 0.261 e. The van der Waals surface area contributed by atoms with Crippen LogP contribution in [-0.2, 0) is 0 Å². The third-order valence-electron chi connectivity index (χ3n) is 2.42. The maximum atomic E-state index is 13.4. The summed E-state index contributed by atoms with van der Waals surface area (Å²) in [5.74, 6) is -1.84. The Morgan fingerprint density at radius 2 is 2.11 bits per heavy atom. The van der Waals surface area contributed by atoms with Crippen molar-refractivity contribution >= 4 is 11.6 Å². The van der Waals surface area contributed by atoms with Gasteiger partial charge in [-0.3, -0.25) is 9.78 Å². The van der Waals surface area contributed by atoms with Crippen LogP contribution in [0.3, 0.4) is 0 Å². The number of carbonyl (C=O) groups is 1. The normalized spacial score (nSPS) is 10.1. The third kappa shape index (κ3) is 2.85. The number of halogens is 2. The van der Waals surface area contributed by atoms with E-state index in [0.717, 1.165) is 12.1 Å². The fourth-order valence-corrected chi connectivity index (χ4v) is 1.51. The van der Waals surface area contributed by atoms with Crippen molar-refractivity contribution in [1.29, 1.82) is 0 Å². The average Bonchev–Trinajstić information content (AvgIpc) is 2.41. The van der Waals surface area contributed by atoms with E-state index in [2.05, 4.69) is 10.3 Å². The van der Waals surface area contributed by atoms with Crippen molar-refractivity contribution in [2.24, 2.45) is 0 Å². The lowest BCUT2D eigenvalue weighted by Gasteiger charge is -2.09. The first kappa shape index (κ1) is 12.9. The van der Waals surface area contributed by atoms with Crippen LogP contribution in [0.15, 0.2) is 36.7 Å². The van der Waals surface area contributed by atoms with Crippen molar-refractivity contribution < 1.29 is 18.3 Å². The zero-order chi connectivity index (χ0) is 13.8. The molecular formula is C13H10F2N2O2. The molecule has 0 radical (unpaired) electrons. The van der Waals surface area contributed by atoms with Gasteiger partial charge in [-0.1, -0.05) is 0 Å². The summed E-state index contributed by atoms with van der Waals surface area (Å²) in [6, 6.07) is 4.40. The van der Waals surface area contributed by atoms with Crippen LogP contribution in [0.2, 0.25) is 0 Å². The standard InChI is InChI=1S/C13H10F2N2O2/c1-19-12-4-5-16-7-9(12)13(18)17-11-3-2-8(14)6-10(11)15/h2-7H,1H3,(H,17,18). The van der Waals surface area contributed by atoms with E-state index >= 15 is 0 Å². The largest absolute Gasteiger partial charge is 0.496 e. The SMILES string of the molecule is COc1ccncc1C(=O)Nc1ccc(F)cc1F. The molecule has 2 aromatic rings. The number of rotatable bonds is 3. The van der Waals surface area contributed by atoms with Gasteiger partial charge in [0.1, 0.15) is 17.4 Å². The zero-order valence-corrected chi connectivity index (χ0v) is 9.98. The molecule has 6 heteroatoms. The van der Waals surface area contributed by atoms with Crippen molar-refractivity contribution in [3.8, 4) is 5.75 Å². The molecule has 0 aliphatic carbocycles. The molecule has 1 N–H and O–H groups in total. The highest BCUT2D eigenvalue weighted by Crippen LogP contribution is 2.20. The van der Waals surface area contributed by atoms with E-state index in [1.54, 1.807) is 0 Å². The first-order chi connectivity index (χ1) is 9.11. The van der Waals surface area contributed by atoms with Crippen LogP contribution < -0.4 is 10.1 Å². The molecule has 98 valence electrons. The van der Waals surface area contributed by atoms with Gasteiger partial charge in [-0.15, -0.1) is 0 Å². The van der Waals surface area contributed by atoms with Crippen molar-refractivity contribution in [3.63, 3.8) is 0 Å². The first-order valence-electron chi connectivity index (χ1n) is 5.36. The number of nitrogens with zero attached hydrogens (tertiary/aromatic N) is 1. The van der Waals surface area contributed by atoms with Crippen molar-refractivity contribution in [2.45, 2.75) is 0 Å². The monoisotopic (exact) mass is 264 g/mol. The van der Waals surface area contributed by atoms with Crippen molar-refractivity contribution in [2.75, 3.05) is 12.4 Å². The van der Waals surface area contributed by atoms with Crippen LogP contribution in [0, 0.1) is 11.6 Å². The maximum absolute atomic E-state index is 13.4. The van der Waals surface area contributed by atoms with Gasteiger partial charge in [-0.05, 0) is 18.2 Å². The molecule has 2 rings (SSSR count). The van der Waals surface area contributed by atoms with E-state index in [9.17, 15) is 13.6 Å². The number of anilines is 1. The maximum Gasteiger partial charge on any atom is 0.261 e. The highest BCUT2D eigenvalue weighted by molar-refractivity contribution is 6.06. The molecule has 0 aliphatic rings. The lowest BCUT2D eigenvalue weighted by atomic mass is 10.2. The average molecular weight is 264 g/mol. The number of aromatic nitrogens is 1. The number of benzene rings is 1. The molecule has 0 saturated heterocycles. The van der Waals surface area contributed by atoms with Gasteiger partial charge in [0.15, 0.2) is 0 Å². The molecule has 1 aromatic heterocycles. The Labute approximate surface area is 108 Å². The molecule has 0 fully saturated rings. The van der Waals surface area contributed by atoms with Gasteiger partial charge in [0.2, 0.25) is 0 Å². The summed E-state index contributed by atoms with van der Waals surface area (Å²) in [7, 11) is 1.41. The fourth-order valence-electron chi connectivity index (χ4n) is 1.51. The van der Waals surface area contributed by atoms with Crippen molar-refractivity contribution in [1.82, 2.24) is 4.98 Å². The molecule has 0 saturated carbocycles. The van der Waals surface area contributed by atoms with Gasteiger partial charge >= 0.3 is 0 Å². The van der Waals surface area contributed by atoms with Gasteiger partial charge < -0.3 is 10.1 Å². The second-order valence-electron chi connectivity index (χ2n) is 3.65. The molecule has 19 heavy (non-hydrogen) atoms. The van der Waals surface area contributed by atoms with Crippen LogP contribution >= 0.6 is 0 Å². The quantitative estimate of drug-likeness (QED) is 0.927. The molecule has 4 nitrogen and oxygen atoms in total. The molecule has 0 spiro atoms. The van der Waals surface area contributed by atoms with E-state index < -0.39 is 17.5 Å². The minimum Gasteiger partial charge on any atom is -0.496 e. The molecule has 0 unspecified atom stereocenters. The highest BCUT2D eigenvalue weighted by Gasteiger charge is 2.14. The van der Waals surface area contributed by atoms with E-state index in [0.29, 0.717) is 11.8 Å². The fraction of sp³-hybridized carbons (Fsp3) is 0.0769. The summed E-state index contributed by atoms with van der Waals surface area (Å²) in [4.78, 5) is 15.7. The Hall–Kier alpha value is -2.50. The summed E-state index contributed by atoms with van der Waals surface area (Å²) in [5, 5.41) is 2.33. The first-order valence-corrected chi connectivity index (χ1v) is 5.36. The molecule has 0 bridgehead atoms. The lowest BCUT2D eigenvalue weighted by Crippen LogP contribution is -2.14. The Bertz CT molecular complexity index is 617. The highest BCUT2D eigenvalue weighted by atomic mass is 19.1. The van der Waals surface area contributed by atoms with Gasteiger partial charge in [0.25, 0.3) is 5.91 Å². The summed E-state index contributed by atoms with van der Waals surface area (Å²) in [6.45, 7) is 0. The van der Waals surface area contributed by atoms with Crippen LogP contribution in [-0.4, -0.2) is 18.0 Å². The number of ether oxygens (including phenoxy) is 1. The lowest BCUT2D eigenvalue weighted by molar-refractivity contribution is 0.102. The summed E-state index contributed by atoms with van der Waals surface area (Å²) >= 11 is 0. The van der Waals surface area contributed by atoms with Crippen LogP contribution in [0.1, 0.15) is 10.4 Å². The predicted octanol–water partition coefficient (Wildman–Crippen LogP) is 2.62. The summed E-state index contributed by atoms with van der Waals surface area (Å²) in [6.07, 6.45) is 2.77. The minimum absolute atomic E-state index is 0.114. The molecule has 0 aliphatic heterocycles. The van der Waals surface area contributed by atoms with E-state index in [-0.39, 0.29) is 11.3 Å². The zero-order valence-electron chi connectivity index (χ0n) is 9.98. The van der Waals surface area contributed by atoms with Crippen LogP contribution in [0.5, 0.6) is 5.75 Å². The van der Waals surface area contributed by atoms with E-state index in [4.69, 9.17) is 4.74 Å². The number of hydrogen-bond acceptors (Lipinski definition) is 3. The van der Waals surface area contributed by atoms with Crippen molar-refractivity contribution in [3.05, 3.63) is 53.9 Å². The van der Waals surface area contributed by atoms with Gasteiger partial charge in [0, 0.05) is 18.5 Å². The van der Waals surface area contributed by atoms with Gasteiger partial charge in [-0.2, -0.15) is 0 Å². The Kier molecular flexibility index (Phi) is 3.70. The summed E-state index contributed by atoms with van der Waals surface area (Å²) in [5.41, 5.74) is 0.0473. The second-order valence-corrected chi connectivity index (χ2v) is 3.65. The minimum atomic E-state index is -0.851. The van der Waals surface area contributed by atoms with E-state index in [1.807, 2.05) is 0 Å². The number of methoxy groups -OCH3 is 1. The molecule has 1 amide bonds. The molecule has 0 atom stereocenters. The number of carbonyl (C=O) groups excluding carboxylic acids is 1. The number of hydrogen-bond donors (Lipinski definition) is 1. The van der Waals surface area contributed by atoms with Crippen LogP contribution in [0.25, 0.3) is 0 Å². The third-order valence-corrected chi connectivity index (χ3v) is 2.42. The van der Waals surface area contributed by atoms with E-state index in [1.165, 1.54) is 25.6 Å². The molecular weight excluding hydrogens is 254 g/mol. The number of nitrogens with one attached hydrogen (secondary N) is 1. The van der Waals surface area contributed by atoms with Gasteiger partial charge in [0.05, 0.1) is 18.4 Å². The summed E-state index contributed by atoms with van der Waals surface area (Å²) < 4.78 is 31.2. The Morgan fingerprint density at radius 3 is 2.79 bits per heavy atom. The second kappa shape index (κ2) is 5.43. The molecule has 1 aromatic carbocycles. The number of amides is 1. The van der Waals surface area contributed by atoms with Crippen LogP contribution in [0.4, 0.5) is 14.5 Å².